The van der Waals surface area contributed by atoms with E-state index in [9.17, 15) is 4.79 Å². The first-order valence-corrected chi connectivity index (χ1v) is 4.66. The van der Waals surface area contributed by atoms with Crippen molar-refractivity contribution in [2.24, 2.45) is 5.73 Å². The summed E-state index contributed by atoms with van der Waals surface area (Å²) in [5.74, 6) is -0.141. The standard InChI is InChI=1S/C10H10N4O2/c1-5-6(2)14-16-9(5)7-3-4-12-13-8(7)10(11)15/h3-4H,1-2H3,(H2,11,15). The van der Waals surface area contributed by atoms with Crippen LogP contribution in [-0.2, 0) is 0 Å². The van der Waals surface area contributed by atoms with Crippen molar-refractivity contribution in [2.75, 3.05) is 0 Å². The van der Waals surface area contributed by atoms with Crippen LogP contribution in [0.1, 0.15) is 21.7 Å². The van der Waals surface area contributed by atoms with E-state index in [1.165, 1.54) is 6.20 Å². The summed E-state index contributed by atoms with van der Waals surface area (Å²) in [5, 5.41) is 11.1. The summed E-state index contributed by atoms with van der Waals surface area (Å²) in [6, 6.07) is 1.63. The Kier molecular flexibility index (Phi) is 2.40. The Morgan fingerprint density at radius 2 is 2.19 bits per heavy atom. The molecule has 0 unspecified atom stereocenters. The van der Waals surface area contributed by atoms with Gasteiger partial charge in [0.2, 0.25) is 0 Å². The third-order valence-electron chi connectivity index (χ3n) is 2.36. The summed E-state index contributed by atoms with van der Waals surface area (Å²) >= 11 is 0. The van der Waals surface area contributed by atoms with E-state index in [2.05, 4.69) is 15.4 Å². The highest BCUT2D eigenvalue weighted by Crippen LogP contribution is 2.26. The number of nitrogens with two attached hydrogens (primary N) is 1. The predicted molar refractivity (Wildman–Crippen MR) is 55.5 cm³/mol. The topological polar surface area (TPSA) is 94.9 Å². The average molecular weight is 218 g/mol. The number of aromatic nitrogens is 3. The lowest BCUT2D eigenvalue weighted by Crippen LogP contribution is -2.15. The van der Waals surface area contributed by atoms with Crippen LogP contribution in [-0.4, -0.2) is 21.3 Å². The fraction of sp³-hybridized carbons (Fsp3) is 0.200. The Balaban J connectivity index is 2.64. The summed E-state index contributed by atoms with van der Waals surface area (Å²) in [5.41, 5.74) is 7.43. The van der Waals surface area contributed by atoms with Crippen LogP contribution in [0.15, 0.2) is 16.8 Å². The number of aryl methyl sites for hydroxylation is 1. The summed E-state index contributed by atoms with van der Waals surface area (Å²) in [7, 11) is 0. The first-order chi connectivity index (χ1) is 7.61. The van der Waals surface area contributed by atoms with Gasteiger partial charge in [-0.3, -0.25) is 4.79 Å². The van der Waals surface area contributed by atoms with Crippen molar-refractivity contribution < 1.29 is 9.32 Å². The predicted octanol–water partition coefficient (Wildman–Crippen LogP) is 0.847. The van der Waals surface area contributed by atoms with E-state index in [0.717, 1.165) is 11.3 Å². The lowest BCUT2D eigenvalue weighted by Gasteiger charge is -2.01. The zero-order valence-corrected chi connectivity index (χ0v) is 8.89. The molecule has 0 aliphatic heterocycles. The van der Waals surface area contributed by atoms with Crippen LogP contribution in [0.25, 0.3) is 11.3 Å². The Labute approximate surface area is 91.5 Å². The van der Waals surface area contributed by atoms with Crippen LogP contribution in [0.4, 0.5) is 0 Å². The minimum absolute atomic E-state index is 0.0850. The number of nitrogens with zero attached hydrogens (tertiary/aromatic N) is 3. The molecule has 0 aliphatic rings. The zero-order valence-electron chi connectivity index (χ0n) is 8.89. The monoisotopic (exact) mass is 218 g/mol. The Morgan fingerprint density at radius 3 is 2.75 bits per heavy atom. The van der Waals surface area contributed by atoms with Crippen LogP contribution < -0.4 is 5.73 Å². The van der Waals surface area contributed by atoms with Crippen LogP contribution >= 0.6 is 0 Å². The van der Waals surface area contributed by atoms with Crippen molar-refractivity contribution >= 4 is 5.91 Å². The molecule has 0 atom stereocenters. The van der Waals surface area contributed by atoms with Gasteiger partial charge in [-0.05, 0) is 19.9 Å². The van der Waals surface area contributed by atoms with Gasteiger partial charge >= 0.3 is 0 Å². The number of hydrogen-bond donors (Lipinski definition) is 1. The first kappa shape index (κ1) is 10.3. The highest BCUT2D eigenvalue weighted by molar-refractivity contribution is 5.97. The molecule has 6 heteroatoms. The van der Waals surface area contributed by atoms with Crippen molar-refractivity contribution in [1.29, 1.82) is 0 Å². The van der Waals surface area contributed by atoms with E-state index in [1.54, 1.807) is 6.07 Å². The number of amides is 1. The van der Waals surface area contributed by atoms with Gasteiger partial charge in [-0.2, -0.15) is 5.10 Å². The van der Waals surface area contributed by atoms with Gasteiger partial charge in [0.15, 0.2) is 11.5 Å². The fourth-order valence-electron chi connectivity index (χ4n) is 1.36. The van der Waals surface area contributed by atoms with E-state index in [0.29, 0.717) is 11.3 Å². The SMILES string of the molecule is Cc1noc(-c2ccnnc2C(N)=O)c1C. The normalized spacial score (nSPS) is 10.4. The summed E-state index contributed by atoms with van der Waals surface area (Å²) in [4.78, 5) is 11.2. The number of rotatable bonds is 2. The number of primary amides is 1. The van der Waals surface area contributed by atoms with Crippen LogP contribution in [0.3, 0.4) is 0 Å². The largest absolute Gasteiger partial charge is 0.364 e. The third-order valence-corrected chi connectivity index (χ3v) is 2.36. The fourth-order valence-corrected chi connectivity index (χ4v) is 1.36. The van der Waals surface area contributed by atoms with Crippen LogP contribution in [0, 0.1) is 13.8 Å². The molecule has 0 spiro atoms. The number of hydrogen-bond acceptors (Lipinski definition) is 5. The summed E-state index contributed by atoms with van der Waals surface area (Å²) in [6.45, 7) is 3.67. The first-order valence-electron chi connectivity index (χ1n) is 4.66. The van der Waals surface area contributed by atoms with Crippen molar-refractivity contribution in [3.05, 3.63) is 29.2 Å². The molecule has 6 nitrogen and oxygen atoms in total. The van der Waals surface area contributed by atoms with E-state index in [1.807, 2.05) is 13.8 Å². The Hall–Kier alpha value is -2.24. The maximum Gasteiger partial charge on any atom is 0.269 e. The van der Waals surface area contributed by atoms with Gasteiger partial charge in [0, 0.05) is 5.56 Å². The quantitative estimate of drug-likeness (QED) is 0.806. The molecular weight excluding hydrogens is 208 g/mol. The summed E-state index contributed by atoms with van der Waals surface area (Å²) < 4.78 is 5.15. The lowest BCUT2D eigenvalue weighted by atomic mass is 10.1. The van der Waals surface area contributed by atoms with Crippen molar-refractivity contribution in [3.8, 4) is 11.3 Å². The average Bonchev–Trinajstić information content (AvgIpc) is 2.60. The lowest BCUT2D eigenvalue weighted by molar-refractivity contribution is 0.0995. The van der Waals surface area contributed by atoms with E-state index < -0.39 is 5.91 Å². The van der Waals surface area contributed by atoms with Crippen molar-refractivity contribution in [1.82, 2.24) is 15.4 Å². The van der Waals surface area contributed by atoms with Crippen molar-refractivity contribution in [2.45, 2.75) is 13.8 Å². The molecule has 0 saturated carbocycles. The maximum atomic E-state index is 11.2. The van der Waals surface area contributed by atoms with Gasteiger partial charge in [-0.15, -0.1) is 5.10 Å². The van der Waals surface area contributed by atoms with Gasteiger partial charge in [-0.25, -0.2) is 0 Å². The molecule has 16 heavy (non-hydrogen) atoms. The Bertz CT molecular complexity index is 548. The second-order valence-corrected chi connectivity index (χ2v) is 3.38. The summed E-state index contributed by atoms with van der Waals surface area (Å²) in [6.07, 6.45) is 1.47. The second-order valence-electron chi connectivity index (χ2n) is 3.38. The molecular formula is C10H10N4O2. The highest BCUT2D eigenvalue weighted by atomic mass is 16.5. The minimum atomic E-state index is -0.642. The molecule has 0 bridgehead atoms. The van der Waals surface area contributed by atoms with Crippen molar-refractivity contribution in [3.63, 3.8) is 0 Å². The third kappa shape index (κ3) is 1.54. The number of carbonyl (C=O) groups excluding carboxylic acids is 1. The maximum absolute atomic E-state index is 11.2. The molecule has 2 rings (SSSR count). The molecule has 0 radical (unpaired) electrons. The molecule has 2 aromatic rings. The molecule has 0 saturated heterocycles. The van der Waals surface area contributed by atoms with E-state index in [4.69, 9.17) is 10.3 Å². The smallest absolute Gasteiger partial charge is 0.269 e. The Morgan fingerprint density at radius 1 is 1.44 bits per heavy atom. The second kappa shape index (κ2) is 3.73. The minimum Gasteiger partial charge on any atom is -0.364 e. The molecule has 0 fully saturated rings. The molecule has 2 aromatic heterocycles. The van der Waals surface area contributed by atoms with Gasteiger partial charge in [0.1, 0.15) is 0 Å². The number of carbonyl (C=O) groups is 1. The molecule has 82 valence electrons. The van der Waals surface area contributed by atoms with Gasteiger partial charge in [0.05, 0.1) is 17.5 Å². The molecule has 2 N–H and O–H groups in total. The zero-order chi connectivity index (χ0) is 11.7. The van der Waals surface area contributed by atoms with Gasteiger partial charge in [0.25, 0.3) is 5.91 Å². The van der Waals surface area contributed by atoms with Gasteiger partial charge < -0.3 is 10.3 Å². The molecule has 2 heterocycles. The molecule has 1 amide bonds. The van der Waals surface area contributed by atoms with Crippen LogP contribution in [0.5, 0.6) is 0 Å². The molecule has 0 aromatic carbocycles. The van der Waals surface area contributed by atoms with Crippen LogP contribution in [0.2, 0.25) is 0 Å². The van der Waals surface area contributed by atoms with E-state index >= 15 is 0 Å². The highest BCUT2D eigenvalue weighted by Gasteiger charge is 2.18. The molecule has 0 aliphatic carbocycles. The van der Waals surface area contributed by atoms with Gasteiger partial charge in [-0.1, -0.05) is 5.16 Å². The van der Waals surface area contributed by atoms with E-state index in [-0.39, 0.29) is 5.69 Å².